The number of nitrogens with one attached hydrogen (secondary N) is 1. The van der Waals surface area contributed by atoms with E-state index in [4.69, 9.17) is 4.74 Å². The summed E-state index contributed by atoms with van der Waals surface area (Å²) < 4.78 is 19.8. The molecule has 21 heavy (non-hydrogen) atoms. The number of ether oxygens (including phenoxy) is 1. The highest BCUT2D eigenvalue weighted by Crippen LogP contribution is 2.33. The fourth-order valence-electron chi connectivity index (χ4n) is 3.15. The summed E-state index contributed by atoms with van der Waals surface area (Å²) in [6, 6.07) is 5.32. The smallest absolute Gasteiger partial charge is 0.128 e. The van der Waals surface area contributed by atoms with Crippen LogP contribution in [0.1, 0.15) is 37.9 Å². The highest BCUT2D eigenvalue weighted by atomic mass is 19.1. The molecule has 1 aliphatic rings. The molecule has 1 unspecified atom stereocenters. The lowest BCUT2D eigenvalue weighted by Crippen LogP contribution is -2.56. The molecule has 1 fully saturated rings. The van der Waals surface area contributed by atoms with Crippen LogP contribution >= 0.6 is 0 Å². The van der Waals surface area contributed by atoms with Crippen molar-refractivity contribution in [1.29, 1.82) is 0 Å². The van der Waals surface area contributed by atoms with Crippen molar-refractivity contribution in [3.05, 3.63) is 35.1 Å². The molecule has 118 valence electrons. The number of hydrogen-bond acceptors (Lipinski definition) is 3. The second-order valence-electron chi connectivity index (χ2n) is 6.27. The summed E-state index contributed by atoms with van der Waals surface area (Å²) in [5.74, 6) is -0.132. The summed E-state index contributed by atoms with van der Waals surface area (Å²) in [5.41, 5.74) is 1.68. The van der Waals surface area contributed by atoms with E-state index in [2.05, 4.69) is 31.0 Å². The molecule has 1 N–H and O–H groups in total. The molecule has 1 aliphatic heterocycles. The van der Waals surface area contributed by atoms with E-state index in [0.717, 1.165) is 44.0 Å². The Morgan fingerprint density at radius 2 is 2.00 bits per heavy atom. The van der Waals surface area contributed by atoms with Crippen LogP contribution in [0.15, 0.2) is 18.2 Å². The molecule has 1 aromatic rings. The predicted octanol–water partition coefficient (Wildman–Crippen LogP) is 2.90. The standard InChI is InChI=1S/C17H27FN2O/c1-5-19-16(14-12-13(2)6-7-15(14)18)17(3,4)20-8-10-21-11-9-20/h6-7,12,16,19H,5,8-11H2,1-4H3. The largest absolute Gasteiger partial charge is 0.379 e. The van der Waals surface area contributed by atoms with Gasteiger partial charge in [0.25, 0.3) is 0 Å². The van der Waals surface area contributed by atoms with Crippen LogP contribution in [0.3, 0.4) is 0 Å². The van der Waals surface area contributed by atoms with Gasteiger partial charge in [-0.2, -0.15) is 0 Å². The maximum atomic E-state index is 14.4. The molecule has 4 heteroatoms. The van der Waals surface area contributed by atoms with Crippen LogP contribution in [0.4, 0.5) is 4.39 Å². The summed E-state index contributed by atoms with van der Waals surface area (Å²) in [6.45, 7) is 12.5. The van der Waals surface area contributed by atoms with Crippen molar-refractivity contribution in [3.63, 3.8) is 0 Å². The Hall–Kier alpha value is -0.970. The molecule has 0 aliphatic carbocycles. The van der Waals surface area contributed by atoms with Crippen LogP contribution in [-0.2, 0) is 4.74 Å². The first-order valence-corrected chi connectivity index (χ1v) is 7.79. The third kappa shape index (κ3) is 3.62. The number of nitrogens with zero attached hydrogens (tertiary/aromatic N) is 1. The molecule has 2 rings (SSSR count). The Kier molecular flexibility index (Phi) is 5.36. The summed E-state index contributed by atoms with van der Waals surface area (Å²) in [6.07, 6.45) is 0. The van der Waals surface area contributed by atoms with E-state index >= 15 is 0 Å². The van der Waals surface area contributed by atoms with E-state index in [1.54, 1.807) is 6.07 Å². The Morgan fingerprint density at radius 1 is 1.33 bits per heavy atom. The number of rotatable bonds is 5. The molecule has 3 nitrogen and oxygen atoms in total. The van der Waals surface area contributed by atoms with Gasteiger partial charge in [-0.25, -0.2) is 4.39 Å². The number of halogens is 1. The topological polar surface area (TPSA) is 24.5 Å². The first kappa shape index (κ1) is 16.4. The summed E-state index contributed by atoms with van der Waals surface area (Å²) in [7, 11) is 0. The molecule has 1 heterocycles. The van der Waals surface area contributed by atoms with Crippen molar-refractivity contribution in [2.24, 2.45) is 0 Å². The summed E-state index contributed by atoms with van der Waals surface area (Å²) in [4.78, 5) is 2.39. The van der Waals surface area contributed by atoms with Gasteiger partial charge < -0.3 is 10.1 Å². The van der Waals surface area contributed by atoms with E-state index in [0.29, 0.717) is 0 Å². The van der Waals surface area contributed by atoms with E-state index in [-0.39, 0.29) is 17.4 Å². The second-order valence-corrected chi connectivity index (χ2v) is 6.27. The van der Waals surface area contributed by atoms with Gasteiger partial charge >= 0.3 is 0 Å². The average molecular weight is 294 g/mol. The lowest BCUT2D eigenvalue weighted by molar-refractivity contribution is -0.0240. The lowest BCUT2D eigenvalue weighted by Gasteiger charge is -2.46. The van der Waals surface area contributed by atoms with Gasteiger partial charge in [0.05, 0.1) is 19.3 Å². The van der Waals surface area contributed by atoms with Crippen LogP contribution in [0.5, 0.6) is 0 Å². The van der Waals surface area contributed by atoms with Crippen LogP contribution in [-0.4, -0.2) is 43.3 Å². The van der Waals surface area contributed by atoms with Gasteiger partial charge in [-0.05, 0) is 33.4 Å². The highest BCUT2D eigenvalue weighted by molar-refractivity contribution is 5.29. The van der Waals surface area contributed by atoms with Crippen LogP contribution < -0.4 is 5.32 Å². The van der Waals surface area contributed by atoms with Crippen molar-refractivity contribution in [1.82, 2.24) is 10.2 Å². The fourth-order valence-corrected chi connectivity index (χ4v) is 3.15. The lowest BCUT2D eigenvalue weighted by atomic mass is 9.85. The van der Waals surface area contributed by atoms with E-state index in [9.17, 15) is 4.39 Å². The molecule has 1 saturated heterocycles. The molecular formula is C17H27FN2O. The number of benzene rings is 1. The number of morpholine rings is 1. The number of hydrogen-bond donors (Lipinski definition) is 1. The number of likely N-dealkylation sites (N-methyl/N-ethyl adjacent to an activating group) is 1. The third-order valence-corrected chi connectivity index (χ3v) is 4.40. The average Bonchev–Trinajstić information content (AvgIpc) is 2.48. The molecule has 0 aromatic heterocycles. The molecule has 0 spiro atoms. The Labute approximate surface area is 127 Å². The monoisotopic (exact) mass is 294 g/mol. The van der Waals surface area contributed by atoms with Crippen LogP contribution in [0, 0.1) is 12.7 Å². The Balaban J connectivity index is 2.34. The van der Waals surface area contributed by atoms with Gasteiger partial charge in [0.1, 0.15) is 5.82 Å². The SMILES string of the molecule is CCNC(c1cc(C)ccc1F)C(C)(C)N1CCOCC1. The maximum absolute atomic E-state index is 14.4. The maximum Gasteiger partial charge on any atom is 0.128 e. The first-order valence-electron chi connectivity index (χ1n) is 7.79. The van der Waals surface area contributed by atoms with E-state index in [1.807, 2.05) is 19.1 Å². The van der Waals surface area contributed by atoms with Gasteiger partial charge in [-0.3, -0.25) is 4.90 Å². The summed E-state index contributed by atoms with van der Waals surface area (Å²) in [5, 5.41) is 3.48. The molecule has 0 saturated carbocycles. The Morgan fingerprint density at radius 3 is 2.62 bits per heavy atom. The quantitative estimate of drug-likeness (QED) is 0.904. The van der Waals surface area contributed by atoms with Gasteiger partial charge in [0.2, 0.25) is 0 Å². The molecule has 1 atom stereocenters. The zero-order chi connectivity index (χ0) is 15.5. The van der Waals surface area contributed by atoms with Crippen molar-refractivity contribution in [2.75, 3.05) is 32.8 Å². The third-order valence-electron chi connectivity index (χ3n) is 4.40. The molecular weight excluding hydrogens is 267 g/mol. The van der Waals surface area contributed by atoms with Crippen LogP contribution in [0.2, 0.25) is 0 Å². The van der Waals surface area contributed by atoms with E-state index < -0.39 is 0 Å². The minimum atomic E-state index is -0.172. The molecule has 0 amide bonds. The molecule has 0 radical (unpaired) electrons. The van der Waals surface area contributed by atoms with Crippen molar-refractivity contribution in [2.45, 2.75) is 39.3 Å². The number of aryl methyl sites for hydroxylation is 1. The molecule has 0 bridgehead atoms. The van der Waals surface area contributed by atoms with Crippen LogP contribution in [0.25, 0.3) is 0 Å². The zero-order valence-corrected chi connectivity index (χ0v) is 13.6. The molecule has 1 aromatic carbocycles. The van der Waals surface area contributed by atoms with Crippen molar-refractivity contribution in [3.8, 4) is 0 Å². The van der Waals surface area contributed by atoms with Crippen molar-refractivity contribution < 1.29 is 9.13 Å². The van der Waals surface area contributed by atoms with Gasteiger partial charge in [0, 0.05) is 24.2 Å². The van der Waals surface area contributed by atoms with Gasteiger partial charge in [0.15, 0.2) is 0 Å². The first-order chi connectivity index (χ1) is 9.96. The fraction of sp³-hybridized carbons (Fsp3) is 0.647. The minimum absolute atomic E-state index is 0.0412. The van der Waals surface area contributed by atoms with Gasteiger partial charge in [-0.1, -0.05) is 24.6 Å². The minimum Gasteiger partial charge on any atom is -0.379 e. The highest BCUT2D eigenvalue weighted by Gasteiger charge is 2.37. The van der Waals surface area contributed by atoms with E-state index in [1.165, 1.54) is 0 Å². The predicted molar refractivity (Wildman–Crippen MR) is 84.0 cm³/mol. The Bertz CT molecular complexity index is 470. The van der Waals surface area contributed by atoms with Gasteiger partial charge in [-0.15, -0.1) is 0 Å². The van der Waals surface area contributed by atoms with Crippen molar-refractivity contribution >= 4 is 0 Å². The zero-order valence-electron chi connectivity index (χ0n) is 13.6. The normalized spacial score (nSPS) is 18.7. The summed E-state index contributed by atoms with van der Waals surface area (Å²) >= 11 is 0. The second kappa shape index (κ2) is 6.86.